The SMILES string of the molecule is CCOC(=O)NC(=O)COC(=O)Cn1cnc2c1c(=O)n(C)c(=O)n2C. The van der Waals surface area contributed by atoms with Crippen molar-refractivity contribution in [3.05, 3.63) is 27.2 Å². The normalized spacial score (nSPS) is 10.6. The topological polar surface area (TPSA) is 144 Å². The van der Waals surface area contributed by atoms with Crippen molar-refractivity contribution in [1.82, 2.24) is 24.0 Å². The number of imidazole rings is 1. The minimum atomic E-state index is -0.946. The van der Waals surface area contributed by atoms with Crippen LogP contribution in [0.2, 0.25) is 0 Å². The standard InChI is InChI=1S/C14H17N5O7/c1-4-25-13(23)16-8(20)6-26-9(21)5-19-7-15-11-10(19)12(22)18(3)14(24)17(11)2/h7H,4-6H2,1-3H3,(H,16,20,23). The summed E-state index contributed by atoms with van der Waals surface area (Å²) in [5.74, 6) is -1.69. The maximum Gasteiger partial charge on any atom is 0.413 e. The van der Waals surface area contributed by atoms with E-state index in [1.54, 1.807) is 6.92 Å². The molecule has 2 aromatic rings. The zero-order chi connectivity index (χ0) is 19.4. The predicted octanol–water partition coefficient (Wildman–Crippen LogP) is -1.75. The summed E-state index contributed by atoms with van der Waals surface area (Å²) < 4.78 is 12.5. The number of nitrogens with zero attached hydrogens (tertiary/aromatic N) is 4. The van der Waals surface area contributed by atoms with E-state index >= 15 is 0 Å². The Morgan fingerprint density at radius 2 is 1.85 bits per heavy atom. The van der Waals surface area contributed by atoms with E-state index in [0.29, 0.717) is 0 Å². The van der Waals surface area contributed by atoms with Gasteiger partial charge < -0.3 is 14.0 Å². The highest BCUT2D eigenvalue weighted by molar-refractivity contribution is 5.93. The summed E-state index contributed by atoms with van der Waals surface area (Å²) in [5.41, 5.74) is -1.01. The molecule has 140 valence electrons. The fourth-order valence-electron chi connectivity index (χ4n) is 2.16. The molecule has 0 aliphatic carbocycles. The Labute approximate surface area is 145 Å². The number of aromatic nitrogens is 4. The van der Waals surface area contributed by atoms with Crippen molar-refractivity contribution >= 4 is 29.1 Å². The highest BCUT2D eigenvalue weighted by atomic mass is 16.6. The van der Waals surface area contributed by atoms with Crippen molar-refractivity contribution in [3.63, 3.8) is 0 Å². The largest absolute Gasteiger partial charge is 0.454 e. The van der Waals surface area contributed by atoms with Crippen LogP contribution < -0.4 is 16.6 Å². The van der Waals surface area contributed by atoms with E-state index < -0.39 is 42.4 Å². The van der Waals surface area contributed by atoms with Crippen LogP contribution in [0.4, 0.5) is 4.79 Å². The van der Waals surface area contributed by atoms with E-state index in [9.17, 15) is 24.0 Å². The summed E-state index contributed by atoms with van der Waals surface area (Å²) in [5, 5.41) is 1.87. The van der Waals surface area contributed by atoms with Gasteiger partial charge in [-0.15, -0.1) is 0 Å². The van der Waals surface area contributed by atoms with Crippen LogP contribution in [0, 0.1) is 0 Å². The van der Waals surface area contributed by atoms with Gasteiger partial charge in [0.2, 0.25) is 0 Å². The van der Waals surface area contributed by atoms with Gasteiger partial charge in [0.1, 0.15) is 6.54 Å². The molecular weight excluding hydrogens is 350 g/mol. The zero-order valence-corrected chi connectivity index (χ0v) is 14.3. The van der Waals surface area contributed by atoms with Gasteiger partial charge in [0.25, 0.3) is 11.5 Å². The maximum atomic E-state index is 12.2. The number of carbonyl (C=O) groups excluding carboxylic acids is 3. The molecule has 1 N–H and O–H groups in total. The number of rotatable bonds is 5. The number of alkyl carbamates (subject to hydrolysis) is 1. The summed E-state index contributed by atoms with van der Waals surface area (Å²) in [7, 11) is 2.75. The smallest absolute Gasteiger partial charge is 0.413 e. The first-order chi connectivity index (χ1) is 12.3. The van der Waals surface area contributed by atoms with Gasteiger partial charge in [-0.25, -0.2) is 14.6 Å². The van der Waals surface area contributed by atoms with E-state index in [-0.39, 0.29) is 17.8 Å². The second-order valence-electron chi connectivity index (χ2n) is 5.18. The fourth-order valence-corrected chi connectivity index (χ4v) is 2.16. The second kappa shape index (κ2) is 7.63. The van der Waals surface area contributed by atoms with Crippen LogP contribution >= 0.6 is 0 Å². The monoisotopic (exact) mass is 367 g/mol. The number of aryl methyl sites for hydroxylation is 1. The molecule has 2 aromatic heterocycles. The third-order valence-corrected chi connectivity index (χ3v) is 3.40. The molecule has 0 saturated heterocycles. The van der Waals surface area contributed by atoms with Gasteiger partial charge in [-0.1, -0.05) is 0 Å². The number of imide groups is 1. The Kier molecular flexibility index (Phi) is 5.54. The van der Waals surface area contributed by atoms with Gasteiger partial charge in [-0.2, -0.15) is 0 Å². The molecule has 0 aromatic carbocycles. The number of hydrogen-bond donors (Lipinski definition) is 1. The Balaban J connectivity index is 2.09. The van der Waals surface area contributed by atoms with E-state index in [0.717, 1.165) is 4.57 Å². The lowest BCUT2D eigenvalue weighted by Crippen LogP contribution is -2.38. The van der Waals surface area contributed by atoms with Gasteiger partial charge in [-0.3, -0.25) is 28.8 Å². The zero-order valence-electron chi connectivity index (χ0n) is 14.3. The third-order valence-electron chi connectivity index (χ3n) is 3.40. The molecule has 2 amide bonds. The van der Waals surface area contributed by atoms with Crippen molar-refractivity contribution in [1.29, 1.82) is 0 Å². The number of amides is 2. The molecule has 0 aliphatic heterocycles. The van der Waals surface area contributed by atoms with Crippen LogP contribution in [0.25, 0.3) is 11.2 Å². The lowest BCUT2D eigenvalue weighted by atomic mass is 10.5. The summed E-state index contributed by atoms with van der Waals surface area (Å²) in [4.78, 5) is 62.4. The molecule has 12 heteroatoms. The maximum absolute atomic E-state index is 12.2. The number of fused-ring (bicyclic) bond motifs is 1. The average Bonchev–Trinajstić information content (AvgIpc) is 3.00. The highest BCUT2D eigenvalue weighted by Gasteiger charge is 2.17. The molecule has 0 fully saturated rings. The lowest BCUT2D eigenvalue weighted by Gasteiger charge is -2.07. The molecule has 12 nitrogen and oxygen atoms in total. The highest BCUT2D eigenvalue weighted by Crippen LogP contribution is 2.05. The molecular formula is C14H17N5O7. The summed E-state index contributed by atoms with van der Waals surface area (Å²) in [6.07, 6.45) is 0.268. The summed E-state index contributed by atoms with van der Waals surface area (Å²) >= 11 is 0. The predicted molar refractivity (Wildman–Crippen MR) is 86.3 cm³/mol. The first kappa shape index (κ1) is 18.9. The minimum Gasteiger partial charge on any atom is -0.454 e. The first-order valence-electron chi connectivity index (χ1n) is 7.49. The van der Waals surface area contributed by atoms with Crippen molar-refractivity contribution in [3.8, 4) is 0 Å². The molecule has 0 atom stereocenters. The van der Waals surface area contributed by atoms with E-state index in [4.69, 9.17) is 4.74 Å². The number of esters is 1. The Morgan fingerprint density at radius 1 is 1.15 bits per heavy atom. The van der Waals surface area contributed by atoms with Crippen molar-refractivity contribution in [2.75, 3.05) is 13.2 Å². The molecule has 0 unspecified atom stereocenters. The van der Waals surface area contributed by atoms with Crippen molar-refractivity contribution < 1.29 is 23.9 Å². The van der Waals surface area contributed by atoms with Gasteiger partial charge in [0, 0.05) is 14.1 Å². The molecule has 0 aliphatic rings. The number of hydrogen-bond acceptors (Lipinski definition) is 8. The van der Waals surface area contributed by atoms with Crippen molar-refractivity contribution in [2.24, 2.45) is 14.1 Å². The Morgan fingerprint density at radius 3 is 2.50 bits per heavy atom. The van der Waals surface area contributed by atoms with Gasteiger partial charge in [-0.05, 0) is 6.92 Å². The van der Waals surface area contributed by atoms with Crippen LogP contribution in [0.1, 0.15) is 6.92 Å². The summed E-state index contributed by atoms with van der Waals surface area (Å²) in [6.45, 7) is 0.557. The third kappa shape index (κ3) is 3.79. The van der Waals surface area contributed by atoms with E-state index in [1.165, 1.54) is 29.6 Å². The summed E-state index contributed by atoms with van der Waals surface area (Å²) in [6, 6.07) is 0. The Bertz CT molecular complexity index is 984. The quantitative estimate of drug-likeness (QED) is 0.613. The van der Waals surface area contributed by atoms with Crippen LogP contribution in [0.15, 0.2) is 15.9 Å². The number of ether oxygens (including phenoxy) is 2. The van der Waals surface area contributed by atoms with Crippen molar-refractivity contribution in [2.45, 2.75) is 13.5 Å². The second-order valence-corrected chi connectivity index (χ2v) is 5.18. The molecule has 0 saturated carbocycles. The van der Waals surface area contributed by atoms with Gasteiger partial charge in [0.05, 0.1) is 12.9 Å². The minimum absolute atomic E-state index is 0.0440. The molecule has 0 spiro atoms. The average molecular weight is 367 g/mol. The van der Waals surface area contributed by atoms with Crippen LogP contribution in [-0.2, 0) is 39.7 Å². The van der Waals surface area contributed by atoms with E-state index in [2.05, 4.69) is 9.72 Å². The van der Waals surface area contributed by atoms with Gasteiger partial charge >= 0.3 is 17.8 Å². The molecule has 2 heterocycles. The fraction of sp³-hybridized carbons (Fsp3) is 0.429. The van der Waals surface area contributed by atoms with Crippen LogP contribution in [-0.4, -0.2) is 49.9 Å². The molecule has 0 radical (unpaired) electrons. The Hall–Kier alpha value is -3.44. The molecule has 2 rings (SSSR count). The molecule has 0 bridgehead atoms. The van der Waals surface area contributed by atoms with E-state index in [1.807, 2.05) is 5.32 Å². The molecule has 26 heavy (non-hydrogen) atoms. The lowest BCUT2D eigenvalue weighted by molar-refractivity contribution is -0.148. The first-order valence-corrected chi connectivity index (χ1v) is 7.49. The van der Waals surface area contributed by atoms with Crippen LogP contribution in [0.5, 0.6) is 0 Å². The number of nitrogens with one attached hydrogen (secondary N) is 1. The van der Waals surface area contributed by atoms with Crippen LogP contribution in [0.3, 0.4) is 0 Å². The van der Waals surface area contributed by atoms with Gasteiger partial charge in [0.15, 0.2) is 17.8 Å². The number of carbonyl (C=O) groups is 3.